The molecule has 1 saturated heterocycles. The van der Waals surface area contributed by atoms with E-state index < -0.39 is 0 Å². The second kappa shape index (κ2) is 6.40. The first-order valence-corrected chi connectivity index (χ1v) is 6.33. The number of amides is 1. The van der Waals surface area contributed by atoms with Gasteiger partial charge in [0.2, 0.25) is 0 Å². The number of carbonyl (C=O) groups excluding carboxylic acids is 1. The Morgan fingerprint density at radius 1 is 1.33 bits per heavy atom. The zero-order valence-corrected chi connectivity index (χ0v) is 10.7. The zero-order chi connectivity index (χ0) is 12.8. The van der Waals surface area contributed by atoms with Gasteiger partial charge < -0.3 is 14.4 Å². The van der Waals surface area contributed by atoms with Crippen molar-refractivity contribution < 1.29 is 14.3 Å². The van der Waals surface area contributed by atoms with Gasteiger partial charge in [0.15, 0.2) is 0 Å². The predicted octanol–water partition coefficient (Wildman–Crippen LogP) is 2.09. The number of carbonyl (C=O) groups is 1. The highest BCUT2D eigenvalue weighted by molar-refractivity contribution is 5.67. The molecule has 1 heterocycles. The molecular weight excluding hydrogens is 230 g/mol. The van der Waals surface area contributed by atoms with Crippen LogP contribution in [-0.4, -0.2) is 43.4 Å². The Labute approximate surface area is 107 Å². The van der Waals surface area contributed by atoms with Gasteiger partial charge in [-0.25, -0.2) is 4.79 Å². The van der Waals surface area contributed by atoms with Crippen LogP contribution in [0.3, 0.4) is 0 Å². The SMILES string of the molecule is C[C@@H](Cc1ccccc1)OC(=O)N1CCOCC1. The summed E-state index contributed by atoms with van der Waals surface area (Å²) in [6.45, 7) is 4.36. The Hall–Kier alpha value is -1.55. The topological polar surface area (TPSA) is 38.8 Å². The number of nitrogens with zero attached hydrogens (tertiary/aromatic N) is 1. The number of benzene rings is 1. The van der Waals surface area contributed by atoms with Crippen molar-refractivity contribution in [3.05, 3.63) is 35.9 Å². The molecule has 1 atom stereocenters. The molecule has 4 heteroatoms. The molecule has 1 aromatic carbocycles. The highest BCUT2D eigenvalue weighted by Crippen LogP contribution is 2.08. The minimum Gasteiger partial charge on any atom is -0.446 e. The van der Waals surface area contributed by atoms with E-state index >= 15 is 0 Å². The molecule has 0 bridgehead atoms. The number of morpholine rings is 1. The van der Waals surface area contributed by atoms with Crippen molar-refractivity contribution in [3.8, 4) is 0 Å². The molecule has 18 heavy (non-hydrogen) atoms. The molecule has 98 valence electrons. The Morgan fingerprint density at radius 3 is 2.67 bits per heavy atom. The number of hydrogen-bond acceptors (Lipinski definition) is 3. The van der Waals surface area contributed by atoms with Crippen molar-refractivity contribution in [2.45, 2.75) is 19.4 Å². The maximum Gasteiger partial charge on any atom is 0.410 e. The van der Waals surface area contributed by atoms with Crippen LogP contribution in [0.4, 0.5) is 4.79 Å². The number of hydrogen-bond donors (Lipinski definition) is 0. The smallest absolute Gasteiger partial charge is 0.410 e. The van der Waals surface area contributed by atoms with Crippen molar-refractivity contribution in [1.82, 2.24) is 4.90 Å². The second-order valence-electron chi connectivity index (χ2n) is 4.48. The van der Waals surface area contributed by atoms with Gasteiger partial charge in [0.1, 0.15) is 6.10 Å². The summed E-state index contributed by atoms with van der Waals surface area (Å²) in [4.78, 5) is 13.5. The third-order valence-corrected chi connectivity index (χ3v) is 2.94. The van der Waals surface area contributed by atoms with Gasteiger partial charge in [0.05, 0.1) is 13.2 Å². The fourth-order valence-electron chi connectivity index (χ4n) is 1.98. The molecule has 0 N–H and O–H groups in total. The first kappa shape index (κ1) is 12.9. The molecule has 1 aliphatic rings. The summed E-state index contributed by atoms with van der Waals surface area (Å²) in [6.07, 6.45) is 0.404. The van der Waals surface area contributed by atoms with Crippen LogP contribution < -0.4 is 0 Å². The normalized spacial score (nSPS) is 17.3. The Morgan fingerprint density at radius 2 is 2.00 bits per heavy atom. The average molecular weight is 249 g/mol. The van der Waals surface area contributed by atoms with E-state index in [1.165, 1.54) is 5.56 Å². The van der Waals surface area contributed by atoms with Crippen LogP contribution in [0.5, 0.6) is 0 Å². The van der Waals surface area contributed by atoms with Gasteiger partial charge in [0, 0.05) is 19.5 Å². The van der Waals surface area contributed by atoms with Crippen LogP contribution in [0, 0.1) is 0 Å². The maximum absolute atomic E-state index is 11.8. The van der Waals surface area contributed by atoms with E-state index in [9.17, 15) is 4.79 Å². The molecule has 0 spiro atoms. The fraction of sp³-hybridized carbons (Fsp3) is 0.500. The molecule has 1 aliphatic heterocycles. The highest BCUT2D eigenvalue weighted by atomic mass is 16.6. The molecule has 0 unspecified atom stereocenters. The van der Waals surface area contributed by atoms with Gasteiger partial charge in [0.25, 0.3) is 0 Å². The van der Waals surface area contributed by atoms with E-state index in [0.29, 0.717) is 26.3 Å². The lowest BCUT2D eigenvalue weighted by molar-refractivity contribution is 0.0156. The summed E-state index contributed by atoms with van der Waals surface area (Å²) in [6, 6.07) is 10.0. The van der Waals surface area contributed by atoms with Crippen LogP contribution in [0.1, 0.15) is 12.5 Å². The van der Waals surface area contributed by atoms with E-state index in [1.807, 2.05) is 37.3 Å². The maximum atomic E-state index is 11.8. The molecule has 4 nitrogen and oxygen atoms in total. The summed E-state index contributed by atoms with van der Waals surface area (Å²) >= 11 is 0. The van der Waals surface area contributed by atoms with E-state index in [4.69, 9.17) is 9.47 Å². The lowest BCUT2D eigenvalue weighted by Gasteiger charge is -2.27. The summed E-state index contributed by atoms with van der Waals surface area (Å²) in [5, 5.41) is 0. The predicted molar refractivity (Wildman–Crippen MR) is 68.5 cm³/mol. The molecule has 1 fully saturated rings. The van der Waals surface area contributed by atoms with Gasteiger partial charge in [-0.3, -0.25) is 0 Å². The number of rotatable bonds is 3. The molecule has 0 radical (unpaired) electrons. The quantitative estimate of drug-likeness (QED) is 0.823. The monoisotopic (exact) mass is 249 g/mol. The minimum atomic E-state index is -0.235. The second-order valence-corrected chi connectivity index (χ2v) is 4.48. The fourth-order valence-corrected chi connectivity index (χ4v) is 1.98. The first-order chi connectivity index (χ1) is 8.75. The minimum absolute atomic E-state index is 0.109. The van der Waals surface area contributed by atoms with Crippen molar-refractivity contribution >= 4 is 6.09 Å². The molecule has 0 aromatic heterocycles. The summed E-state index contributed by atoms with van der Waals surface area (Å²) < 4.78 is 10.6. The lowest BCUT2D eigenvalue weighted by atomic mass is 10.1. The van der Waals surface area contributed by atoms with E-state index in [2.05, 4.69) is 0 Å². The van der Waals surface area contributed by atoms with E-state index in [1.54, 1.807) is 4.90 Å². The van der Waals surface area contributed by atoms with Gasteiger partial charge in [-0.15, -0.1) is 0 Å². The summed E-state index contributed by atoms with van der Waals surface area (Å²) in [5.41, 5.74) is 1.18. The van der Waals surface area contributed by atoms with Crippen molar-refractivity contribution in [3.63, 3.8) is 0 Å². The Bertz CT molecular complexity index is 374. The van der Waals surface area contributed by atoms with Gasteiger partial charge >= 0.3 is 6.09 Å². The van der Waals surface area contributed by atoms with Crippen LogP contribution in [0.15, 0.2) is 30.3 Å². The number of ether oxygens (including phenoxy) is 2. The lowest BCUT2D eigenvalue weighted by Crippen LogP contribution is -2.42. The van der Waals surface area contributed by atoms with E-state index in [0.717, 1.165) is 6.42 Å². The van der Waals surface area contributed by atoms with Crippen LogP contribution in [0.2, 0.25) is 0 Å². The Balaban J connectivity index is 1.79. The van der Waals surface area contributed by atoms with Gasteiger partial charge in [-0.1, -0.05) is 30.3 Å². The zero-order valence-electron chi connectivity index (χ0n) is 10.7. The van der Waals surface area contributed by atoms with Crippen LogP contribution >= 0.6 is 0 Å². The molecule has 1 aromatic rings. The highest BCUT2D eigenvalue weighted by Gasteiger charge is 2.20. The van der Waals surface area contributed by atoms with Crippen LogP contribution in [-0.2, 0) is 15.9 Å². The molecule has 0 saturated carbocycles. The third kappa shape index (κ3) is 3.74. The van der Waals surface area contributed by atoms with Crippen molar-refractivity contribution in [2.24, 2.45) is 0 Å². The summed E-state index contributed by atoms with van der Waals surface area (Å²) in [5.74, 6) is 0. The van der Waals surface area contributed by atoms with E-state index in [-0.39, 0.29) is 12.2 Å². The van der Waals surface area contributed by atoms with Crippen molar-refractivity contribution in [2.75, 3.05) is 26.3 Å². The van der Waals surface area contributed by atoms with Crippen LogP contribution in [0.25, 0.3) is 0 Å². The molecular formula is C14H19NO3. The average Bonchev–Trinajstić information content (AvgIpc) is 2.40. The largest absolute Gasteiger partial charge is 0.446 e. The standard InChI is InChI=1S/C14H19NO3/c1-12(11-13-5-3-2-4-6-13)18-14(16)15-7-9-17-10-8-15/h2-6,12H,7-11H2,1H3/t12-/m0/s1. The first-order valence-electron chi connectivity index (χ1n) is 6.33. The van der Waals surface area contributed by atoms with Crippen molar-refractivity contribution in [1.29, 1.82) is 0 Å². The Kier molecular flexibility index (Phi) is 4.59. The molecule has 1 amide bonds. The molecule has 0 aliphatic carbocycles. The van der Waals surface area contributed by atoms with Gasteiger partial charge in [-0.2, -0.15) is 0 Å². The summed E-state index contributed by atoms with van der Waals surface area (Å²) in [7, 11) is 0. The van der Waals surface area contributed by atoms with Gasteiger partial charge in [-0.05, 0) is 12.5 Å². The third-order valence-electron chi connectivity index (χ3n) is 2.94. The molecule has 2 rings (SSSR count).